The van der Waals surface area contributed by atoms with Gasteiger partial charge in [-0.15, -0.1) is 6.42 Å². The first-order chi connectivity index (χ1) is 8.85. The lowest BCUT2D eigenvalue weighted by atomic mass is 10.1. The van der Waals surface area contributed by atoms with Crippen molar-refractivity contribution in [1.29, 1.82) is 0 Å². The van der Waals surface area contributed by atoms with E-state index in [9.17, 15) is 9.59 Å². The highest BCUT2D eigenvalue weighted by molar-refractivity contribution is 5.74. The van der Waals surface area contributed by atoms with Crippen LogP contribution >= 0.6 is 0 Å². The first kappa shape index (κ1) is 14.8. The van der Waals surface area contributed by atoms with Crippen LogP contribution in [0, 0.1) is 12.3 Å². The molecule has 4 nitrogen and oxygen atoms in total. The van der Waals surface area contributed by atoms with Crippen LogP contribution in [-0.4, -0.2) is 18.0 Å². The standard InChI is InChI=1S/C15H17NO3/c1-5-11-7-6-8-12(9-11)13(10-17)16-14(18)19-15(2,3)4/h1,6-10,13H,2-4H3,(H,16,18). The van der Waals surface area contributed by atoms with Gasteiger partial charge in [0.1, 0.15) is 17.9 Å². The van der Waals surface area contributed by atoms with Crippen LogP contribution in [0.15, 0.2) is 24.3 Å². The van der Waals surface area contributed by atoms with Crippen LogP contribution in [-0.2, 0) is 9.53 Å². The number of terminal acetylenes is 1. The molecule has 0 radical (unpaired) electrons. The lowest BCUT2D eigenvalue weighted by molar-refractivity contribution is -0.109. The molecule has 19 heavy (non-hydrogen) atoms. The van der Waals surface area contributed by atoms with Crippen LogP contribution in [0.1, 0.15) is 37.9 Å². The Morgan fingerprint density at radius 3 is 2.68 bits per heavy atom. The minimum absolute atomic E-state index is 0.613. The van der Waals surface area contributed by atoms with Crippen LogP contribution in [0.25, 0.3) is 0 Å². The highest BCUT2D eigenvalue weighted by atomic mass is 16.6. The fraction of sp³-hybridized carbons (Fsp3) is 0.333. The molecule has 0 heterocycles. The number of carbonyl (C=O) groups is 2. The number of ether oxygens (including phenoxy) is 1. The van der Waals surface area contributed by atoms with E-state index in [1.807, 2.05) is 0 Å². The van der Waals surface area contributed by atoms with Gasteiger partial charge in [-0.1, -0.05) is 18.1 Å². The van der Waals surface area contributed by atoms with Gasteiger partial charge in [0.15, 0.2) is 0 Å². The fourth-order valence-corrected chi connectivity index (χ4v) is 1.45. The molecule has 1 aromatic rings. The number of rotatable bonds is 3. The molecule has 0 aliphatic rings. The van der Waals surface area contributed by atoms with Gasteiger partial charge in [-0.05, 0) is 38.5 Å². The predicted molar refractivity (Wildman–Crippen MR) is 72.6 cm³/mol. The van der Waals surface area contributed by atoms with Gasteiger partial charge in [-0.2, -0.15) is 0 Å². The molecule has 0 bridgehead atoms. The molecule has 0 spiro atoms. The first-order valence-electron chi connectivity index (χ1n) is 5.87. The Bertz CT molecular complexity index is 509. The maximum Gasteiger partial charge on any atom is 0.408 e. The van der Waals surface area contributed by atoms with Gasteiger partial charge in [-0.25, -0.2) is 4.79 Å². The van der Waals surface area contributed by atoms with Gasteiger partial charge in [-0.3, -0.25) is 0 Å². The molecule has 0 aliphatic carbocycles. The van der Waals surface area contributed by atoms with Crippen molar-refractivity contribution >= 4 is 12.4 Å². The molecule has 1 atom stereocenters. The Balaban J connectivity index is 2.81. The summed E-state index contributed by atoms with van der Waals surface area (Å²) in [6, 6.07) is 6.10. The van der Waals surface area contributed by atoms with Crippen molar-refractivity contribution in [2.45, 2.75) is 32.4 Å². The van der Waals surface area contributed by atoms with E-state index < -0.39 is 17.7 Å². The van der Waals surface area contributed by atoms with Crippen molar-refractivity contribution in [3.63, 3.8) is 0 Å². The number of benzene rings is 1. The Hall–Kier alpha value is -2.28. The molecule has 1 amide bonds. The third-order valence-corrected chi connectivity index (χ3v) is 2.22. The molecule has 1 unspecified atom stereocenters. The topological polar surface area (TPSA) is 55.4 Å². The minimum Gasteiger partial charge on any atom is -0.444 e. The Labute approximate surface area is 113 Å². The summed E-state index contributed by atoms with van der Waals surface area (Å²) in [6.07, 6.45) is 5.29. The van der Waals surface area contributed by atoms with Crippen LogP contribution in [0.4, 0.5) is 4.79 Å². The van der Waals surface area contributed by atoms with Crippen LogP contribution in [0.5, 0.6) is 0 Å². The number of hydrogen-bond donors (Lipinski definition) is 1. The summed E-state index contributed by atoms with van der Waals surface area (Å²) in [7, 11) is 0. The molecule has 0 aromatic heterocycles. The summed E-state index contributed by atoms with van der Waals surface area (Å²) >= 11 is 0. The van der Waals surface area contributed by atoms with Gasteiger partial charge in [0.2, 0.25) is 0 Å². The number of carbonyl (C=O) groups excluding carboxylic acids is 2. The van der Waals surface area contributed by atoms with E-state index in [0.29, 0.717) is 17.4 Å². The molecule has 0 fully saturated rings. The van der Waals surface area contributed by atoms with E-state index in [1.165, 1.54) is 0 Å². The first-order valence-corrected chi connectivity index (χ1v) is 5.87. The summed E-state index contributed by atoms with van der Waals surface area (Å²) in [5.74, 6) is 2.48. The van der Waals surface area contributed by atoms with E-state index in [-0.39, 0.29) is 0 Å². The number of alkyl carbamates (subject to hydrolysis) is 1. The zero-order chi connectivity index (χ0) is 14.5. The minimum atomic E-state index is -0.775. The molecule has 4 heteroatoms. The number of amides is 1. The van der Waals surface area contributed by atoms with Gasteiger partial charge < -0.3 is 14.8 Å². The summed E-state index contributed by atoms with van der Waals surface area (Å²) in [4.78, 5) is 22.7. The quantitative estimate of drug-likeness (QED) is 0.670. The monoisotopic (exact) mass is 259 g/mol. The Kier molecular flexibility index (Phi) is 4.71. The van der Waals surface area contributed by atoms with Crippen LogP contribution < -0.4 is 5.32 Å². The van der Waals surface area contributed by atoms with Gasteiger partial charge in [0.05, 0.1) is 0 Å². The maximum absolute atomic E-state index is 11.6. The van der Waals surface area contributed by atoms with Crippen molar-refractivity contribution in [3.8, 4) is 12.3 Å². The Morgan fingerprint density at radius 1 is 1.47 bits per heavy atom. The lowest BCUT2D eigenvalue weighted by Crippen LogP contribution is -2.35. The summed E-state index contributed by atoms with van der Waals surface area (Å²) in [6.45, 7) is 5.25. The second-order valence-corrected chi connectivity index (χ2v) is 5.03. The molecule has 1 rings (SSSR count). The summed E-state index contributed by atoms with van der Waals surface area (Å²) in [5, 5.41) is 2.49. The fourth-order valence-electron chi connectivity index (χ4n) is 1.45. The van der Waals surface area contributed by atoms with E-state index in [2.05, 4.69) is 11.2 Å². The van der Waals surface area contributed by atoms with Crippen molar-refractivity contribution in [3.05, 3.63) is 35.4 Å². The molecule has 0 saturated carbocycles. The molecule has 1 aromatic carbocycles. The SMILES string of the molecule is C#Cc1cccc(C(C=O)NC(=O)OC(C)(C)C)c1. The van der Waals surface area contributed by atoms with E-state index in [0.717, 1.165) is 0 Å². The number of hydrogen-bond acceptors (Lipinski definition) is 3. The summed E-state index contributed by atoms with van der Waals surface area (Å²) in [5.41, 5.74) is 0.657. The van der Waals surface area contributed by atoms with Crippen molar-refractivity contribution in [1.82, 2.24) is 5.32 Å². The molecule has 1 N–H and O–H groups in total. The third kappa shape index (κ3) is 4.84. The Morgan fingerprint density at radius 2 is 2.16 bits per heavy atom. The van der Waals surface area contributed by atoms with Crippen molar-refractivity contribution in [2.24, 2.45) is 0 Å². The smallest absolute Gasteiger partial charge is 0.408 e. The molecule has 100 valence electrons. The highest BCUT2D eigenvalue weighted by Gasteiger charge is 2.20. The van der Waals surface area contributed by atoms with Crippen molar-refractivity contribution < 1.29 is 14.3 Å². The van der Waals surface area contributed by atoms with Crippen LogP contribution in [0.3, 0.4) is 0 Å². The molecular weight excluding hydrogens is 242 g/mol. The second kappa shape index (κ2) is 6.05. The lowest BCUT2D eigenvalue weighted by Gasteiger charge is -2.21. The van der Waals surface area contributed by atoms with Crippen molar-refractivity contribution in [2.75, 3.05) is 0 Å². The normalized spacial score (nSPS) is 12.1. The largest absolute Gasteiger partial charge is 0.444 e. The van der Waals surface area contributed by atoms with Gasteiger partial charge in [0.25, 0.3) is 0 Å². The molecule has 0 aliphatic heterocycles. The predicted octanol–water partition coefficient (Wildman–Crippen LogP) is 2.43. The van der Waals surface area contributed by atoms with Gasteiger partial charge in [0, 0.05) is 5.56 Å². The molecule has 0 saturated heterocycles. The van der Waals surface area contributed by atoms with E-state index >= 15 is 0 Å². The zero-order valence-corrected chi connectivity index (χ0v) is 11.3. The second-order valence-electron chi connectivity index (χ2n) is 5.03. The molecular formula is C15H17NO3. The maximum atomic E-state index is 11.6. The average molecular weight is 259 g/mol. The highest BCUT2D eigenvalue weighted by Crippen LogP contribution is 2.14. The average Bonchev–Trinajstić information content (AvgIpc) is 2.34. The van der Waals surface area contributed by atoms with Gasteiger partial charge >= 0.3 is 6.09 Å². The number of aldehydes is 1. The van der Waals surface area contributed by atoms with Crippen LogP contribution in [0.2, 0.25) is 0 Å². The van der Waals surface area contributed by atoms with E-state index in [4.69, 9.17) is 11.2 Å². The number of nitrogens with one attached hydrogen (secondary N) is 1. The zero-order valence-electron chi connectivity index (χ0n) is 11.3. The summed E-state index contributed by atoms with van der Waals surface area (Å²) < 4.78 is 5.10. The third-order valence-electron chi connectivity index (χ3n) is 2.22. The van der Waals surface area contributed by atoms with E-state index in [1.54, 1.807) is 45.0 Å².